The molecule has 2 aromatic carbocycles. The van der Waals surface area contributed by atoms with Gasteiger partial charge in [-0.25, -0.2) is 0 Å². The minimum atomic E-state index is -0.312. The Morgan fingerprint density at radius 1 is 1.09 bits per heavy atom. The third-order valence-electron chi connectivity index (χ3n) is 2.87. The Hall–Kier alpha value is -2.86. The second-order valence-electron chi connectivity index (χ2n) is 4.54. The van der Waals surface area contributed by atoms with Gasteiger partial charge in [0.05, 0.1) is 12.8 Å². The molecule has 5 nitrogen and oxygen atoms in total. The van der Waals surface area contributed by atoms with Gasteiger partial charge in [0, 0.05) is 6.08 Å². The summed E-state index contributed by atoms with van der Waals surface area (Å²) in [7, 11) is 1.61. The molecule has 0 aliphatic rings. The lowest BCUT2D eigenvalue weighted by molar-refractivity contribution is -0.115. The molecule has 0 radical (unpaired) electrons. The Kier molecular flexibility index (Phi) is 6.14. The van der Waals surface area contributed by atoms with Crippen molar-refractivity contribution < 1.29 is 9.53 Å². The predicted molar refractivity (Wildman–Crippen MR) is 96.0 cm³/mol. The van der Waals surface area contributed by atoms with Crippen LogP contribution in [0.15, 0.2) is 60.7 Å². The Morgan fingerprint density at radius 3 is 2.43 bits per heavy atom. The van der Waals surface area contributed by atoms with Gasteiger partial charge in [0.25, 0.3) is 0 Å². The van der Waals surface area contributed by atoms with Gasteiger partial charge in [-0.05, 0) is 48.1 Å². The standard InChI is InChI=1S/C17H17N3O2S/c1-22-15-10-7-13(8-11-15)9-12-16(21)18-17(23)20-19-14-5-3-2-4-6-14/h2-12,19H,1H3,(H2,18,20,21,23)/b12-9+. The molecule has 2 aromatic rings. The molecule has 0 spiro atoms. The molecular formula is C17H17N3O2S. The average molecular weight is 327 g/mol. The highest BCUT2D eigenvalue weighted by atomic mass is 32.1. The Morgan fingerprint density at radius 2 is 1.78 bits per heavy atom. The molecule has 118 valence electrons. The van der Waals surface area contributed by atoms with Gasteiger partial charge in [-0.2, -0.15) is 0 Å². The van der Waals surface area contributed by atoms with E-state index in [0.29, 0.717) is 0 Å². The first kappa shape index (κ1) is 16.5. The Bertz CT molecular complexity index is 685. The van der Waals surface area contributed by atoms with Gasteiger partial charge in [0.15, 0.2) is 5.11 Å². The van der Waals surface area contributed by atoms with E-state index in [1.165, 1.54) is 6.08 Å². The van der Waals surface area contributed by atoms with Crippen molar-refractivity contribution >= 4 is 35.0 Å². The summed E-state index contributed by atoms with van der Waals surface area (Å²) >= 11 is 5.04. The van der Waals surface area contributed by atoms with Crippen molar-refractivity contribution in [3.05, 3.63) is 66.2 Å². The molecule has 0 atom stereocenters. The molecule has 3 N–H and O–H groups in total. The van der Waals surface area contributed by atoms with E-state index >= 15 is 0 Å². The number of anilines is 1. The summed E-state index contributed by atoms with van der Waals surface area (Å²) in [6.45, 7) is 0. The lowest BCUT2D eigenvalue weighted by Gasteiger charge is -2.10. The quantitative estimate of drug-likeness (QED) is 0.448. The third kappa shape index (κ3) is 5.80. The molecule has 0 aromatic heterocycles. The number of ether oxygens (including phenoxy) is 1. The number of hydrogen-bond donors (Lipinski definition) is 3. The number of amides is 1. The number of benzene rings is 2. The number of thiocarbonyl (C=S) groups is 1. The monoisotopic (exact) mass is 327 g/mol. The van der Waals surface area contributed by atoms with Crippen LogP contribution in [0, 0.1) is 0 Å². The molecule has 2 rings (SSSR count). The first-order chi connectivity index (χ1) is 11.2. The Labute approximate surface area is 140 Å². The second-order valence-corrected chi connectivity index (χ2v) is 4.95. The highest BCUT2D eigenvalue weighted by Gasteiger charge is 2.00. The van der Waals surface area contributed by atoms with E-state index in [-0.39, 0.29) is 11.0 Å². The topological polar surface area (TPSA) is 62.4 Å². The minimum Gasteiger partial charge on any atom is -0.497 e. The normalized spacial score (nSPS) is 10.1. The van der Waals surface area contributed by atoms with Gasteiger partial charge in [-0.3, -0.25) is 21.0 Å². The summed E-state index contributed by atoms with van der Waals surface area (Å²) in [6, 6.07) is 16.8. The van der Waals surface area contributed by atoms with Gasteiger partial charge in [-0.15, -0.1) is 0 Å². The SMILES string of the molecule is COc1ccc(/C=C/C(=O)NC(=S)NNc2ccccc2)cc1. The Balaban J connectivity index is 1.79. The van der Waals surface area contributed by atoms with Crippen LogP contribution in [-0.4, -0.2) is 18.1 Å². The fourth-order valence-corrected chi connectivity index (χ4v) is 1.87. The van der Waals surface area contributed by atoms with Gasteiger partial charge in [-0.1, -0.05) is 30.3 Å². The first-order valence-corrected chi connectivity index (χ1v) is 7.32. The fourth-order valence-electron chi connectivity index (χ4n) is 1.72. The van der Waals surface area contributed by atoms with E-state index in [1.54, 1.807) is 13.2 Å². The number of hydrogen-bond acceptors (Lipinski definition) is 4. The van der Waals surface area contributed by atoms with Crippen LogP contribution in [0.25, 0.3) is 6.08 Å². The van der Waals surface area contributed by atoms with E-state index in [2.05, 4.69) is 16.2 Å². The van der Waals surface area contributed by atoms with E-state index in [1.807, 2.05) is 54.6 Å². The van der Waals surface area contributed by atoms with Gasteiger partial charge >= 0.3 is 0 Å². The summed E-state index contributed by atoms with van der Waals surface area (Å²) in [5.41, 5.74) is 7.37. The van der Waals surface area contributed by atoms with Crippen LogP contribution in [0.4, 0.5) is 5.69 Å². The van der Waals surface area contributed by atoms with Crippen molar-refractivity contribution in [2.75, 3.05) is 12.5 Å². The molecule has 1 amide bonds. The highest BCUT2D eigenvalue weighted by Crippen LogP contribution is 2.12. The van der Waals surface area contributed by atoms with Gasteiger partial charge in [0.1, 0.15) is 5.75 Å². The maximum Gasteiger partial charge on any atom is 0.250 e. The zero-order chi connectivity index (χ0) is 16.5. The predicted octanol–water partition coefficient (Wildman–Crippen LogP) is 2.73. The van der Waals surface area contributed by atoms with Crippen molar-refractivity contribution in [1.82, 2.24) is 10.7 Å². The number of hydrazine groups is 1. The van der Waals surface area contributed by atoms with E-state index in [0.717, 1.165) is 17.0 Å². The number of nitrogens with one attached hydrogen (secondary N) is 3. The van der Waals surface area contributed by atoms with E-state index < -0.39 is 0 Å². The average Bonchev–Trinajstić information content (AvgIpc) is 2.59. The molecule has 6 heteroatoms. The minimum absolute atomic E-state index is 0.193. The smallest absolute Gasteiger partial charge is 0.250 e. The van der Waals surface area contributed by atoms with Crippen LogP contribution in [0.2, 0.25) is 0 Å². The second kappa shape index (κ2) is 8.55. The fraction of sp³-hybridized carbons (Fsp3) is 0.0588. The third-order valence-corrected chi connectivity index (χ3v) is 3.08. The summed E-state index contributed by atoms with van der Waals surface area (Å²) in [5.74, 6) is 0.456. The van der Waals surface area contributed by atoms with Gasteiger partial charge in [0.2, 0.25) is 5.91 Å². The van der Waals surface area contributed by atoms with Crippen LogP contribution in [-0.2, 0) is 4.79 Å². The molecule has 0 heterocycles. The number of carbonyl (C=O) groups is 1. The van der Waals surface area contributed by atoms with Crippen LogP contribution < -0.4 is 20.9 Å². The number of rotatable bonds is 5. The summed E-state index contributed by atoms with van der Waals surface area (Å²) in [5, 5.41) is 2.74. The molecular weight excluding hydrogens is 310 g/mol. The van der Waals surface area contributed by atoms with Crippen LogP contribution in [0.5, 0.6) is 5.75 Å². The zero-order valence-corrected chi connectivity index (χ0v) is 13.4. The van der Waals surface area contributed by atoms with Crippen molar-refractivity contribution in [3.63, 3.8) is 0 Å². The summed E-state index contributed by atoms with van der Waals surface area (Å²) in [6.07, 6.45) is 3.11. The molecule has 0 saturated heterocycles. The molecule has 0 fully saturated rings. The van der Waals surface area contributed by atoms with Crippen molar-refractivity contribution in [2.45, 2.75) is 0 Å². The lowest BCUT2D eigenvalue weighted by atomic mass is 10.2. The van der Waals surface area contributed by atoms with Gasteiger partial charge < -0.3 is 4.74 Å². The number of methoxy groups -OCH3 is 1. The molecule has 0 unspecified atom stereocenters. The van der Waals surface area contributed by atoms with Crippen molar-refractivity contribution in [3.8, 4) is 5.75 Å². The van der Waals surface area contributed by atoms with Crippen LogP contribution >= 0.6 is 12.2 Å². The van der Waals surface area contributed by atoms with Crippen LogP contribution in [0.1, 0.15) is 5.56 Å². The van der Waals surface area contributed by atoms with E-state index in [9.17, 15) is 4.79 Å². The number of carbonyl (C=O) groups excluding carboxylic acids is 1. The molecule has 23 heavy (non-hydrogen) atoms. The molecule has 0 saturated carbocycles. The first-order valence-electron chi connectivity index (χ1n) is 6.91. The highest BCUT2D eigenvalue weighted by molar-refractivity contribution is 7.80. The summed E-state index contributed by atoms with van der Waals surface area (Å²) in [4.78, 5) is 11.8. The van der Waals surface area contributed by atoms with Crippen molar-refractivity contribution in [2.24, 2.45) is 0 Å². The number of para-hydroxylation sites is 1. The lowest BCUT2D eigenvalue weighted by Crippen LogP contribution is -2.41. The maximum absolute atomic E-state index is 11.8. The largest absolute Gasteiger partial charge is 0.497 e. The maximum atomic E-state index is 11.8. The summed E-state index contributed by atoms with van der Waals surface area (Å²) < 4.78 is 5.08. The molecule has 0 aliphatic heterocycles. The molecule has 0 bridgehead atoms. The zero-order valence-electron chi connectivity index (χ0n) is 12.6. The molecule has 0 aliphatic carbocycles. The van der Waals surface area contributed by atoms with E-state index in [4.69, 9.17) is 17.0 Å². The van der Waals surface area contributed by atoms with Crippen molar-refractivity contribution in [1.29, 1.82) is 0 Å². The van der Waals surface area contributed by atoms with Crippen LogP contribution in [0.3, 0.4) is 0 Å².